The van der Waals surface area contributed by atoms with Crippen molar-refractivity contribution in [2.24, 2.45) is 0 Å². The topological polar surface area (TPSA) is 58.6 Å². The number of allylic oxidation sites excluding steroid dienone is 2. The largest absolute Gasteiger partial charge is 0.480 e. The Morgan fingerprint density at radius 3 is 2.70 bits per heavy atom. The van der Waals surface area contributed by atoms with E-state index in [4.69, 9.17) is 4.84 Å². The van der Waals surface area contributed by atoms with Gasteiger partial charge in [0.05, 0.1) is 0 Å². The lowest BCUT2D eigenvalue weighted by Gasteiger charge is -2.30. The molecule has 4 heteroatoms. The fourth-order valence-electron chi connectivity index (χ4n) is 2.82. The molecule has 1 heterocycles. The fourth-order valence-corrected chi connectivity index (χ4v) is 2.82. The van der Waals surface area contributed by atoms with Gasteiger partial charge in [0.25, 0.3) is 0 Å². The highest BCUT2D eigenvalue weighted by atomic mass is 16.7. The van der Waals surface area contributed by atoms with Gasteiger partial charge in [-0.3, -0.25) is 9.63 Å². The molecule has 1 saturated heterocycles. The van der Waals surface area contributed by atoms with Gasteiger partial charge in [-0.1, -0.05) is 48.6 Å². The maximum absolute atomic E-state index is 11.2. The van der Waals surface area contributed by atoms with Crippen molar-refractivity contribution in [2.75, 3.05) is 0 Å². The summed E-state index contributed by atoms with van der Waals surface area (Å²) in [4.78, 5) is 17.0. The van der Waals surface area contributed by atoms with Gasteiger partial charge in [0.1, 0.15) is 11.6 Å². The molecule has 2 N–H and O–H groups in total. The van der Waals surface area contributed by atoms with E-state index in [0.717, 1.165) is 24.0 Å². The smallest absolute Gasteiger partial charge is 0.323 e. The quantitative estimate of drug-likeness (QED) is 0.887. The van der Waals surface area contributed by atoms with Crippen LogP contribution in [0, 0.1) is 0 Å². The summed E-state index contributed by atoms with van der Waals surface area (Å²) in [7, 11) is 0. The van der Waals surface area contributed by atoms with Crippen molar-refractivity contribution >= 4 is 5.97 Å². The van der Waals surface area contributed by atoms with Gasteiger partial charge in [-0.25, -0.2) is 0 Å². The first-order chi connectivity index (χ1) is 9.72. The van der Waals surface area contributed by atoms with Gasteiger partial charge < -0.3 is 5.11 Å². The van der Waals surface area contributed by atoms with E-state index in [0.29, 0.717) is 6.42 Å². The van der Waals surface area contributed by atoms with Crippen LogP contribution in [0.5, 0.6) is 0 Å². The highest BCUT2D eigenvalue weighted by molar-refractivity contribution is 5.74. The number of nitrogens with one attached hydrogen (secondary N) is 1. The summed E-state index contributed by atoms with van der Waals surface area (Å²) in [6, 6.07) is 9.11. The van der Waals surface area contributed by atoms with E-state index in [1.807, 2.05) is 36.4 Å². The summed E-state index contributed by atoms with van der Waals surface area (Å²) in [6.07, 6.45) is 8.66. The number of hydroxylamine groups is 1. The number of hydrogen-bond donors (Lipinski definition) is 2. The maximum atomic E-state index is 11.2. The molecular weight excluding hydrogens is 254 g/mol. The summed E-state index contributed by atoms with van der Waals surface area (Å²) in [5, 5.41) is 9.21. The van der Waals surface area contributed by atoms with Crippen molar-refractivity contribution in [3.05, 3.63) is 59.7 Å². The first-order valence-electron chi connectivity index (χ1n) is 6.81. The predicted molar refractivity (Wildman–Crippen MR) is 74.8 cm³/mol. The van der Waals surface area contributed by atoms with E-state index in [1.165, 1.54) is 0 Å². The molecule has 1 aliphatic carbocycles. The van der Waals surface area contributed by atoms with Crippen LogP contribution < -0.4 is 5.48 Å². The first kappa shape index (κ1) is 13.1. The van der Waals surface area contributed by atoms with E-state index >= 15 is 0 Å². The molecular formula is C16H17NO3. The van der Waals surface area contributed by atoms with E-state index < -0.39 is 17.6 Å². The summed E-state index contributed by atoms with van der Waals surface area (Å²) >= 11 is 0. The normalized spacial score (nSPS) is 29.2. The van der Waals surface area contributed by atoms with Gasteiger partial charge in [-0.15, -0.1) is 0 Å². The lowest BCUT2D eigenvalue weighted by atomic mass is 9.80. The van der Waals surface area contributed by atoms with Crippen LogP contribution in [0.1, 0.15) is 24.8 Å². The Morgan fingerprint density at radius 2 is 2.10 bits per heavy atom. The molecule has 1 fully saturated rings. The first-order valence-corrected chi connectivity index (χ1v) is 6.81. The number of hydrogen-bond acceptors (Lipinski definition) is 3. The Hall–Kier alpha value is -1.91. The number of rotatable bonds is 3. The molecule has 2 unspecified atom stereocenters. The zero-order chi connectivity index (χ0) is 14.0. The van der Waals surface area contributed by atoms with Crippen molar-refractivity contribution in [1.29, 1.82) is 0 Å². The third-order valence-electron chi connectivity index (χ3n) is 3.87. The van der Waals surface area contributed by atoms with Crippen molar-refractivity contribution in [3.63, 3.8) is 0 Å². The van der Waals surface area contributed by atoms with Gasteiger partial charge in [-0.05, 0) is 24.0 Å². The second kappa shape index (κ2) is 5.23. The molecule has 0 spiro atoms. The Morgan fingerprint density at radius 1 is 1.30 bits per heavy atom. The Bertz CT molecular complexity index is 564. The molecule has 20 heavy (non-hydrogen) atoms. The minimum absolute atomic E-state index is 0.391. The van der Waals surface area contributed by atoms with Crippen molar-refractivity contribution in [3.8, 4) is 0 Å². The van der Waals surface area contributed by atoms with Crippen LogP contribution in [0.3, 0.4) is 0 Å². The molecule has 3 rings (SSSR count). The average molecular weight is 271 g/mol. The molecule has 0 saturated carbocycles. The molecule has 2 atom stereocenters. The van der Waals surface area contributed by atoms with Gasteiger partial charge in [0.2, 0.25) is 0 Å². The third-order valence-corrected chi connectivity index (χ3v) is 3.87. The van der Waals surface area contributed by atoms with Gasteiger partial charge in [0, 0.05) is 6.42 Å². The number of aliphatic carboxylic acids is 1. The number of benzene rings is 1. The minimum Gasteiger partial charge on any atom is -0.480 e. The number of carbonyl (C=O) groups is 1. The fraction of sp³-hybridized carbons (Fsp3) is 0.312. The van der Waals surface area contributed by atoms with E-state index in [2.05, 4.69) is 17.6 Å². The van der Waals surface area contributed by atoms with Gasteiger partial charge in [0.15, 0.2) is 0 Å². The standard InChI is InChI=1S/C16H17NO3/c18-15(19)14-11-16(20-17-14,12-7-3-1-4-8-12)13-9-5-2-6-10-13/h1,3-5,7-10,14,17H,2,6,11H2,(H,18,19). The van der Waals surface area contributed by atoms with Gasteiger partial charge in [-0.2, -0.15) is 5.48 Å². The highest BCUT2D eigenvalue weighted by Crippen LogP contribution is 2.42. The third kappa shape index (κ3) is 2.17. The van der Waals surface area contributed by atoms with Crippen LogP contribution in [0.25, 0.3) is 0 Å². The zero-order valence-corrected chi connectivity index (χ0v) is 11.1. The van der Waals surface area contributed by atoms with Crippen LogP contribution in [0.15, 0.2) is 54.1 Å². The summed E-state index contributed by atoms with van der Waals surface area (Å²) in [5.41, 5.74) is 3.98. The van der Waals surface area contributed by atoms with Crippen molar-refractivity contribution in [2.45, 2.75) is 30.9 Å². The second-order valence-corrected chi connectivity index (χ2v) is 5.15. The molecule has 1 aromatic carbocycles. The summed E-state index contributed by atoms with van der Waals surface area (Å²) < 4.78 is 0. The monoisotopic (exact) mass is 271 g/mol. The Balaban J connectivity index is 2.03. The predicted octanol–water partition coefficient (Wildman–Crippen LogP) is 2.54. The SMILES string of the molecule is O=C(O)C1CC(C2=CCCC=C2)(c2ccccc2)ON1. The average Bonchev–Trinajstić information content (AvgIpc) is 2.96. The van der Waals surface area contributed by atoms with Crippen LogP contribution >= 0.6 is 0 Å². The molecule has 104 valence electrons. The molecule has 1 aliphatic heterocycles. The number of carboxylic acids is 1. The minimum atomic E-state index is -0.886. The van der Waals surface area contributed by atoms with Crippen molar-refractivity contribution in [1.82, 2.24) is 5.48 Å². The van der Waals surface area contributed by atoms with Crippen LogP contribution in [0.2, 0.25) is 0 Å². The molecule has 1 aromatic rings. The van der Waals surface area contributed by atoms with Crippen LogP contribution in [-0.2, 0) is 15.2 Å². The highest BCUT2D eigenvalue weighted by Gasteiger charge is 2.47. The van der Waals surface area contributed by atoms with E-state index in [1.54, 1.807) is 0 Å². The molecule has 0 radical (unpaired) electrons. The van der Waals surface area contributed by atoms with Gasteiger partial charge >= 0.3 is 5.97 Å². The summed E-state index contributed by atoms with van der Waals surface area (Å²) in [6.45, 7) is 0. The van der Waals surface area contributed by atoms with E-state index in [9.17, 15) is 9.90 Å². The Labute approximate surface area is 117 Å². The molecule has 0 bridgehead atoms. The maximum Gasteiger partial charge on any atom is 0.323 e. The zero-order valence-electron chi connectivity index (χ0n) is 11.1. The lowest BCUT2D eigenvalue weighted by molar-refractivity contribution is -0.140. The van der Waals surface area contributed by atoms with Crippen molar-refractivity contribution < 1.29 is 14.7 Å². The van der Waals surface area contributed by atoms with Crippen LogP contribution in [0.4, 0.5) is 0 Å². The Kier molecular flexibility index (Phi) is 3.42. The van der Waals surface area contributed by atoms with Crippen LogP contribution in [-0.4, -0.2) is 17.1 Å². The molecule has 0 amide bonds. The molecule has 0 aromatic heterocycles. The second-order valence-electron chi connectivity index (χ2n) is 5.15. The van der Waals surface area contributed by atoms with E-state index in [-0.39, 0.29) is 0 Å². The lowest BCUT2D eigenvalue weighted by Crippen LogP contribution is -2.29. The summed E-state index contributed by atoms with van der Waals surface area (Å²) in [5.74, 6) is -0.886. The number of carboxylic acid groups (broad SMARTS) is 1. The molecule has 4 nitrogen and oxygen atoms in total. The molecule has 2 aliphatic rings.